The summed E-state index contributed by atoms with van der Waals surface area (Å²) in [4.78, 5) is 67.3. The van der Waals surface area contributed by atoms with Crippen LogP contribution in [-0.2, 0) is 23.8 Å². The quantitative estimate of drug-likeness (QED) is 0.284. The van der Waals surface area contributed by atoms with Crippen LogP contribution in [-0.4, -0.2) is 93.6 Å². The van der Waals surface area contributed by atoms with E-state index in [4.69, 9.17) is 18.9 Å². The van der Waals surface area contributed by atoms with Crippen molar-refractivity contribution in [2.24, 2.45) is 23.7 Å². The minimum absolute atomic E-state index is 0.0462. The zero-order chi connectivity index (χ0) is 39.0. The highest BCUT2D eigenvalue weighted by atomic mass is 16.7. The van der Waals surface area contributed by atoms with Gasteiger partial charge in [-0.3, -0.25) is 24.0 Å². The number of Topliss-reactive ketones (excluding diaryl/α,β-unsaturated/α-hetero) is 3. The molecule has 0 aromatic heterocycles. The van der Waals surface area contributed by atoms with Gasteiger partial charge in [-0.05, 0) is 19.9 Å². The number of ketones is 3. The second kappa shape index (κ2) is 15.5. The van der Waals surface area contributed by atoms with E-state index in [1.54, 1.807) is 33.8 Å². The molecule has 9 atom stereocenters. The number of hydrogen-bond donors (Lipinski definition) is 5. The Morgan fingerprint density at radius 1 is 0.942 bits per heavy atom. The van der Waals surface area contributed by atoms with E-state index in [9.17, 15) is 44.4 Å². The average molecular weight is 726 g/mol. The minimum Gasteiger partial charge on any atom is -0.507 e. The van der Waals surface area contributed by atoms with E-state index in [0.29, 0.717) is 0 Å². The van der Waals surface area contributed by atoms with Gasteiger partial charge in [0, 0.05) is 55.8 Å². The Hall–Kier alpha value is -4.63. The van der Waals surface area contributed by atoms with Crippen molar-refractivity contribution in [2.45, 2.75) is 85.6 Å². The van der Waals surface area contributed by atoms with Crippen molar-refractivity contribution in [1.82, 2.24) is 5.32 Å². The molecule has 0 radical (unpaired) electrons. The molecule has 5 rings (SSSR count). The van der Waals surface area contributed by atoms with Crippen LogP contribution < -0.4 is 10.1 Å². The molecule has 14 nitrogen and oxygen atoms in total. The third-order valence-corrected chi connectivity index (χ3v) is 10.2. The average Bonchev–Trinajstić information content (AvgIpc) is 3.36. The van der Waals surface area contributed by atoms with Crippen molar-refractivity contribution in [1.29, 1.82) is 0 Å². The lowest BCUT2D eigenvalue weighted by Crippen LogP contribution is -2.46. The number of hydrogen-bond acceptors (Lipinski definition) is 13. The van der Waals surface area contributed by atoms with Crippen LogP contribution in [0.15, 0.2) is 47.4 Å². The van der Waals surface area contributed by atoms with E-state index in [2.05, 4.69) is 5.32 Å². The summed E-state index contributed by atoms with van der Waals surface area (Å²) in [5.74, 6) is -9.78. The summed E-state index contributed by atoms with van der Waals surface area (Å²) in [6.45, 7) is 11.1. The largest absolute Gasteiger partial charge is 0.507 e. The van der Waals surface area contributed by atoms with Gasteiger partial charge in [0.05, 0.1) is 59.1 Å². The highest BCUT2D eigenvalue weighted by molar-refractivity contribution is 6.32. The maximum absolute atomic E-state index is 14.0. The van der Waals surface area contributed by atoms with E-state index in [0.717, 1.165) is 6.26 Å². The number of nitrogens with one attached hydrogen (secondary N) is 1. The predicted octanol–water partition coefficient (Wildman–Crippen LogP) is 2.99. The van der Waals surface area contributed by atoms with Crippen LogP contribution in [0.3, 0.4) is 0 Å². The number of carbonyl (C=O) groups excluding carboxylic acids is 5. The highest BCUT2D eigenvalue weighted by Crippen LogP contribution is 2.48. The zero-order valence-corrected chi connectivity index (χ0v) is 30.7. The van der Waals surface area contributed by atoms with Crippen molar-refractivity contribution < 1.29 is 63.3 Å². The maximum Gasteiger partial charge on any atom is 0.312 e. The van der Waals surface area contributed by atoms with Crippen molar-refractivity contribution >= 4 is 29.2 Å². The number of aliphatic hydroxyl groups is 3. The Kier molecular flexibility index (Phi) is 12.0. The van der Waals surface area contributed by atoms with Crippen molar-refractivity contribution in [3.63, 3.8) is 0 Å². The second-order valence-corrected chi connectivity index (χ2v) is 13.8. The predicted molar refractivity (Wildman–Crippen MR) is 185 cm³/mol. The molecule has 3 aliphatic heterocycles. The molecule has 14 heteroatoms. The van der Waals surface area contributed by atoms with Crippen LogP contribution in [0.2, 0.25) is 0 Å². The number of phenols is 1. The van der Waals surface area contributed by atoms with Gasteiger partial charge < -0.3 is 44.7 Å². The van der Waals surface area contributed by atoms with Crippen molar-refractivity contribution in [2.75, 3.05) is 13.7 Å². The lowest BCUT2D eigenvalue weighted by atomic mass is 9.78. The number of aromatic hydroxyl groups is 1. The standard InChI is InChI=1S/C38H47NO13/c1-16-11-10-12-17(2)37(48)39-28-23(15-40)32(45)25-26(33(28)46)31(44)21(6)35-27(25)36(47)38(8,52-35)50-14-13-24(49-9)18(3)34(51-22(7)41)20(5)30(43)19(4)29(16)42/h10-14,16,18-20,24,29-30,34,40,42-44H,15H2,1-9H3,(H,39,48)/b11-10+,14-13+,17-12-. The van der Waals surface area contributed by atoms with Gasteiger partial charge in [-0.25, -0.2) is 0 Å². The lowest BCUT2D eigenvalue weighted by molar-refractivity contribution is -0.160. The first kappa shape index (κ1) is 40.1. The van der Waals surface area contributed by atoms with Gasteiger partial charge in [-0.2, -0.15) is 0 Å². The number of fused-ring (bicyclic) bond motifs is 14. The van der Waals surface area contributed by atoms with Gasteiger partial charge in [-0.15, -0.1) is 0 Å². The van der Waals surface area contributed by atoms with Gasteiger partial charge in [0.25, 0.3) is 11.7 Å². The van der Waals surface area contributed by atoms with Gasteiger partial charge in [0.2, 0.25) is 5.78 Å². The molecule has 1 aromatic rings. The molecule has 0 saturated heterocycles. The molecule has 5 N–H and O–H groups in total. The summed E-state index contributed by atoms with van der Waals surface area (Å²) in [7, 11) is 1.40. The van der Waals surface area contributed by atoms with Crippen LogP contribution in [0, 0.1) is 30.6 Å². The number of rotatable bonds is 3. The lowest BCUT2D eigenvalue weighted by Gasteiger charge is -2.38. The van der Waals surface area contributed by atoms with Gasteiger partial charge >= 0.3 is 11.8 Å². The molecule has 52 heavy (non-hydrogen) atoms. The molecule has 1 aliphatic carbocycles. The number of ether oxygens (including phenoxy) is 4. The van der Waals surface area contributed by atoms with Gasteiger partial charge in [0.15, 0.2) is 5.78 Å². The summed E-state index contributed by atoms with van der Waals surface area (Å²) in [6.07, 6.45) is 3.16. The molecule has 0 fully saturated rings. The zero-order valence-electron chi connectivity index (χ0n) is 30.7. The first-order valence-corrected chi connectivity index (χ1v) is 17.0. The minimum atomic E-state index is -2.10. The van der Waals surface area contributed by atoms with E-state index < -0.39 is 118 Å². The summed E-state index contributed by atoms with van der Waals surface area (Å²) in [6, 6.07) is 0. The Morgan fingerprint density at radius 2 is 1.60 bits per heavy atom. The molecule has 9 unspecified atom stereocenters. The molecule has 0 spiro atoms. The van der Waals surface area contributed by atoms with Crippen LogP contribution in [0.25, 0.3) is 0 Å². The summed E-state index contributed by atoms with van der Waals surface area (Å²) in [5, 5.41) is 46.4. The summed E-state index contributed by atoms with van der Waals surface area (Å²) < 4.78 is 23.1. The van der Waals surface area contributed by atoms with Crippen molar-refractivity contribution in [3.05, 3.63) is 69.7 Å². The maximum atomic E-state index is 14.0. The Balaban J connectivity index is 1.88. The Bertz CT molecular complexity index is 1790. The SMILES string of the molecule is COC1/C=C/OC2(C)Oc3c(C)c(O)c4c(c3C2=O)C(=O)C(CO)=C(NC(=O)/C(C)=C\C=C\C(C)C(O)C(C)C(O)C(C)C(OC(C)=O)C1C)C4=O. The number of phenolic OH excluding ortho intramolecular Hbond substituents is 1. The molecular formula is C38H47NO13. The van der Waals surface area contributed by atoms with E-state index in [1.165, 1.54) is 53.0 Å². The molecule has 1 aromatic carbocycles. The molecule has 282 valence electrons. The topological polar surface area (TPSA) is 215 Å². The number of benzene rings is 1. The van der Waals surface area contributed by atoms with Crippen LogP contribution in [0.4, 0.5) is 0 Å². The number of methoxy groups -OCH3 is 1. The van der Waals surface area contributed by atoms with Crippen LogP contribution >= 0.6 is 0 Å². The third-order valence-electron chi connectivity index (χ3n) is 10.2. The van der Waals surface area contributed by atoms with Crippen molar-refractivity contribution in [3.8, 4) is 11.5 Å². The second-order valence-electron chi connectivity index (χ2n) is 13.8. The number of esters is 1. The van der Waals surface area contributed by atoms with Gasteiger partial charge in [0.1, 0.15) is 17.6 Å². The van der Waals surface area contributed by atoms with E-state index in [1.807, 2.05) is 0 Å². The molecule has 4 aliphatic rings. The smallest absolute Gasteiger partial charge is 0.312 e. The number of allylic oxidation sites excluding steroid dienone is 3. The first-order valence-electron chi connectivity index (χ1n) is 17.0. The Morgan fingerprint density at radius 3 is 2.19 bits per heavy atom. The van der Waals surface area contributed by atoms with Gasteiger partial charge in [-0.1, -0.05) is 45.9 Å². The third kappa shape index (κ3) is 7.20. The molecular weight excluding hydrogens is 678 g/mol. The molecule has 5 bridgehead atoms. The number of amides is 1. The summed E-state index contributed by atoms with van der Waals surface area (Å²) >= 11 is 0. The summed E-state index contributed by atoms with van der Waals surface area (Å²) in [5.41, 5.74) is -2.42. The molecule has 1 amide bonds. The number of carbonyl (C=O) groups is 5. The van der Waals surface area contributed by atoms with E-state index >= 15 is 0 Å². The molecule has 3 heterocycles. The Labute approximate surface area is 301 Å². The fourth-order valence-corrected chi connectivity index (χ4v) is 6.91. The fourth-order valence-electron chi connectivity index (χ4n) is 6.91. The number of aliphatic hydroxyl groups excluding tert-OH is 3. The fraction of sp³-hybridized carbons (Fsp3) is 0.500. The van der Waals surface area contributed by atoms with Crippen LogP contribution in [0.5, 0.6) is 11.5 Å². The van der Waals surface area contributed by atoms with Crippen LogP contribution in [0.1, 0.15) is 85.1 Å². The highest BCUT2D eigenvalue weighted by Gasteiger charge is 2.52. The monoisotopic (exact) mass is 725 g/mol. The molecule has 0 saturated carbocycles. The normalized spacial score (nSPS) is 33.8. The first-order chi connectivity index (χ1) is 24.3. The van der Waals surface area contributed by atoms with E-state index in [-0.39, 0.29) is 22.4 Å².